The third-order valence-corrected chi connectivity index (χ3v) is 4.43. The van der Waals surface area contributed by atoms with Crippen molar-refractivity contribution in [2.45, 2.75) is 13.3 Å². The van der Waals surface area contributed by atoms with E-state index in [4.69, 9.17) is 9.47 Å². The standard InChI is InChI=1S/C19H27N3O5/c1-4-5-21-6-8-22(9-7-21)13-17(23)20-16-11-14(18(24)26-2)10-15(12-16)19(25)27-3/h10-12H,4-9,13H2,1-3H3,(H,20,23). The minimum absolute atomic E-state index is 0.170. The number of nitrogens with zero attached hydrogens (tertiary/aromatic N) is 2. The molecule has 0 unspecified atom stereocenters. The Bertz CT molecular complexity index is 650. The number of carbonyl (C=O) groups excluding carboxylic acids is 3. The van der Waals surface area contributed by atoms with Gasteiger partial charge in [0.25, 0.3) is 0 Å². The van der Waals surface area contributed by atoms with Gasteiger partial charge in [-0.2, -0.15) is 0 Å². The monoisotopic (exact) mass is 377 g/mol. The molecule has 1 fully saturated rings. The second kappa shape index (κ2) is 10.0. The first-order valence-electron chi connectivity index (χ1n) is 9.03. The van der Waals surface area contributed by atoms with Gasteiger partial charge in [-0.25, -0.2) is 9.59 Å². The maximum atomic E-state index is 12.4. The van der Waals surface area contributed by atoms with Crippen molar-refractivity contribution in [2.75, 3.05) is 58.8 Å². The average Bonchev–Trinajstić information content (AvgIpc) is 2.68. The van der Waals surface area contributed by atoms with Crippen LogP contribution in [0.2, 0.25) is 0 Å². The van der Waals surface area contributed by atoms with E-state index < -0.39 is 11.9 Å². The Labute approximate surface area is 159 Å². The van der Waals surface area contributed by atoms with Crippen molar-refractivity contribution in [3.8, 4) is 0 Å². The van der Waals surface area contributed by atoms with Crippen molar-refractivity contribution in [1.82, 2.24) is 9.80 Å². The van der Waals surface area contributed by atoms with Crippen molar-refractivity contribution >= 4 is 23.5 Å². The third-order valence-electron chi connectivity index (χ3n) is 4.43. The number of anilines is 1. The van der Waals surface area contributed by atoms with Crippen molar-refractivity contribution in [1.29, 1.82) is 0 Å². The molecule has 8 nitrogen and oxygen atoms in total. The molecule has 1 aliphatic heterocycles. The molecule has 148 valence electrons. The van der Waals surface area contributed by atoms with E-state index in [0.29, 0.717) is 5.69 Å². The van der Waals surface area contributed by atoms with E-state index >= 15 is 0 Å². The van der Waals surface area contributed by atoms with Crippen LogP contribution in [0.25, 0.3) is 0 Å². The number of benzene rings is 1. The van der Waals surface area contributed by atoms with E-state index in [2.05, 4.69) is 22.0 Å². The van der Waals surface area contributed by atoms with Gasteiger partial charge in [0.2, 0.25) is 5.91 Å². The highest BCUT2D eigenvalue weighted by atomic mass is 16.5. The fraction of sp³-hybridized carbons (Fsp3) is 0.526. The number of hydrogen-bond acceptors (Lipinski definition) is 7. The molecule has 1 amide bonds. The van der Waals surface area contributed by atoms with Gasteiger partial charge in [-0.05, 0) is 31.2 Å². The van der Waals surface area contributed by atoms with E-state index in [1.165, 1.54) is 32.4 Å². The molecular weight excluding hydrogens is 350 g/mol. The summed E-state index contributed by atoms with van der Waals surface area (Å²) in [5.41, 5.74) is 0.695. The van der Waals surface area contributed by atoms with Crippen LogP contribution in [0.1, 0.15) is 34.1 Å². The summed E-state index contributed by atoms with van der Waals surface area (Å²) < 4.78 is 9.40. The Morgan fingerprint density at radius 1 is 0.926 bits per heavy atom. The highest BCUT2D eigenvalue weighted by Gasteiger charge is 2.19. The number of ether oxygens (including phenoxy) is 2. The molecule has 0 bridgehead atoms. The molecule has 0 atom stereocenters. The molecule has 2 rings (SSSR count). The highest BCUT2D eigenvalue weighted by molar-refractivity contribution is 5.99. The van der Waals surface area contributed by atoms with Crippen LogP contribution in [0.5, 0.6) is 0 Å². The van der Waals surface area contributed by atoms with Crippen molar-refractivity contribution < 1.29 is 23.9 Å². The van der Waals surface area contributed by atoms with Gasteiger partial charge >= 0.3 is 11.9 Å². The SMILES string of the molecule is CCCN1CCN(CC(=O)Nc2cc(C(=O)OC)cc(C(=O)OC)c2)CC1. The largest absolute Gasteiger partial charge is 0.465 e. The van der Waals surface area contributed by atoms with Crippen LogP contribution >= 0.6 is 0 Å². The van der Waals surface area contributed by atoms with Gasteiger partial charge < -0.3 is 19.7 Å². The molecule has 0 radical (unpaired) electrons. The third kappa shape index (κ3) is 6.04. The lowest BCUT2D eigenvalue weighted by Gasteiger charge is -2.34. The number of amides is 1. The minimum atomic E-state index is -0.594. The topological polar surface area (TPSA) is 88.2 Å². The van der Waals surface area contributed by atoms with Crippen LogP contribution in [0.4, 0.5) is 5.69 Å². The molecule has 1 saturated heterocycles. The fourth-order valence-corrected chi connectivity index (χ4v) is 3.06. The maximum Gasteiger partial charge on any atom is 0.337 e. The molecule has 1 aromatic rings. The van der Waals surface area contributed by atoms with Crippen LogP contribution in [0, 0.1) is 0 Å². The smallest absolute Gasteiger partial charge is 0.337 e. The summed E-state index contributed by atoms with van der Waals surface area (Å²) in [6.45, 7) is 7.07. The molecule has 0 aromatic heterocycles. The van der Waals surface area contributed by atoms with Gasteiger partial charge in [-0.3, -0.25) is 9.69 Å². The summed E-state index contributed by atoms with van der Waals surface area (Å²) in [5.74, 6) is -1.39. The van der Waals surface area contributed by atoms with Gasteiger partial charge in [-0.1, -0.05) is 6.92 Å². The molecule has 0 spiro atoms. The van der Waals surface area contributed by atoms with E-state index in [1.54, 1.807) is 0 Å². The van der Waals surface area contributed by atoms with Crippen LogP contribution in [0.3, 0.4) is 0 Å². The van der Waals surface area contributed by atoms with E-state index in [0.717, 1.165) is 39.1 Å². The van der Waals surface area contributed by atoms with E-state index in [9.17, 15) is 14.4 Å². The lowest BCUT2D eigenvalue weighted by atomic mass is 10.1. The molecule has 1 N–H and O–H groups in total. The molecule has 1 aromatic carbocycles. The van der Waals surface area contributed by atoms with Gasteiger partial charge in [0.15, 0.2) is 0 Å². The Hall–Kier alpha value is -2.45. The highest BCUT2D eigenvalue weighted by Crippen LogP contribution is 2.17. The summed E-state index contributed by atoms with van der Waals surface area (Å²) in [6.07, 6.45) is 1.12. The van der Waals surface area contributed by atoms with Crippen LogP contribution < -0.4 is 5.32 Å². The zero-order valence-electron chi connectivity index (χ0n) is 16.1. The Morgan fingerprint density at radius 2 is 1.44 bits per heavy atom. The molecule has 0 saturated carbocycles. The number of carbonyl (C=O) groups is 3. The maximum absolute atomic E-state index is 12.4. The Balaban J connectivity index is 2.02. The molecule has 27 heavy (non-hydrogen) atoms. The van der Waals surface area contributed by atoms with Crippen LogP contribution in [-0.4, -0.2) is 81.1 Å². The molecule has 1 heterocycles. The van der Waals surface area contributed by atoms with Gasteiger partial charge in [0.1, 0.15) is 0 Å². The van der Waals surface area contributed by atoms with E-state index in [-0.39, 0.29) is 23.6 Å². The molecule has 1 aliphatic rings. The summed E-state index contributed by atoms with van der Waals surface area (Å²) in [7, 11) is 2.51. The van der Waals surface area contributed by atoms with Gasteiger partial charge in [0, 0.05) is 31.9 Å². The Kier molecular flexibility index (Phi) is 7.75. The van der Waals surface area contributed by atoms with Crippen molar-refractivity contribution in [2.24, 2.45) is 0 Å². The zero-order valence-corrected chi connectivity index (χ0v) is 16.1. The quantitative estimate of drug-likeness (QED) is 0.715. The minimum Gasteiger partial charge on any atom is -0.465 e. The number of methoxy groups -OCH3 is 2. The van der Waals surface area contributed by atoms with Crippen LogP contribution in [-0.2, 0) is 14.3 Å². The van der Waals surface area contributed by atoms with Crippen molar-refractivity contribution in [3.63, 3.8) is 0 Å². The number of nitrogens with one attached hydrogen (secondary N) is 1. The van der Waals surface area contributed by atoms with Crippen LogP contribution in [0.15, 0.2) is 18.2 Å². The first kappa shape index (κ1) is 20.9. The lowest BCUT2D eigenvalue weighted by Crippen LogP contribution is -2.48. The lowest BCUT2D eigenvalue weighted by molar-refractivity contribution is -0.117. The second-order valence-corrected chi connectivity index (χ2v) is 6.45. The van der Waals surface area contributed by atoms with Gasteiger partial charge in [0.05, 0.1) is 31.9 Å². The molecule has 8 heteroatoms. The Morgan fingerprint density at radius 3 is 1.93 bits per heavy atom. The molecule has 0 aliphatic carbocycles. The zero-order chi connectivity index (χ0) is 19.8. The predicted molar refractivity (Wildman–Crippen MR) is 101 cm³/mol. The first-order valence-corrected chi connectivity index (χ1v) is 9.03. The number of piperazine rings is 1. The summed E-state index contributed by atoms with van der Waals surface area (Å²) in [4.78, 5) is 40.5. The summed E-state index contributed by atoms with van der Waals surface area (Å²) in [6, 6.07) is 4.34. The number of rotatable bonds is 7. The first-order chi connectivity index (χ1) is 13.0. The second-order valence-electron chi connectivity index (χ2n) is 6.45. The van der Waals surface area contributed by atoms with Crippen molar-refractivity contribution in [3.05, 3.63) is 29.3 Å². The number of hydrogen-bond donors (Lipinski definition) is 1. The van der Waals surface area contributed by atoms with E-state index in [1.807, 2.05) is 0 Å². The normalized spacial score (nSPS) is 15.2. The predicted octanol–water partition coefficient (Wildman–Crippen LogP) is 1.23. The number of esters is 2. The van der Waals surface area contributed by atoms with Gasteiger partial charge in [-0.15, -0.1) is 0 Å². The molecular formula is C19H27N3O5. The summed E-state index contributed by atoms with van der Waals surface area (Å²) >= 11 is 0. The average molecular weight is 377 g/mol. The summed E-state index contributed by atoms with van der Waals surface area (Å²) in [5, 5.41) is 2.75. The fourth-order valence-electron chi connectivity index (χ4n) is 3.06.